The Morgan fingerprint density at radius 3 is 2.19 bits per heavy atom. The summed E-state index contributed by atoms with van der Waals surface area (Å²) in [5.41, 5.74) is 1.44. The van der Waals surface area contributed by atoms with Gasteiger partial charge < -0.3 is 9.52 Å². The topological polar surface area (TPSA) is 67.5 Å². The lowest BCUT2D eigenvalue weighted by Crippen LogP contribution is -2.05. The fraction of sp³-hybridized carbons (Fsp3) is 0. The van der Waals surface area contributed by atoms with Gasteiger partial charge >= 0.3 is 5.63 Å². The summed E-state index contributed by atoms with van der Waals surface area (Å²) >= 11 is 0. The number of carbonyl (C=O) groups excluding carboxylic acids is 1. The molecule has 0 unspecified atom stereocenters. The molecule has 0 aliphatic rings. The maximum absolute atomic E-state index is 12.9. The maximum Gasteiger partial charge on any atom is 0.336 e. The van der Waals surface area contributed by atoms with E-state index in [0.29, 0.717) is 16.5 Å². The molecule has 0 saturated heterocycles. The number of hydrogen-bond acceptors (Lipinski definition) is 4. The van der Waals surface area contributed by atoms with Crippen LogP contribution < -0.4 is 5.63 Å². The Bertz CT molecular complexity index is 1160. The number of phenolic OH excluding ortho intramolecular Hbond substituents is 1. The first-order chi connectivity index (χ1) is 12.6. The number of aromatic hydroxyl groups is 1. The van der Waals surface area contributed by atoms with Crippen molar-refractivity contribution in [1.29, 1.82) is 0 Å². The van der Waals surface area contributed by atoms with E-state index >= 15 is 0 Å². The number of benzene rings is 3. The molecule has 26 heavy (non-hydrogen) atoms. The van der Waals surface area contributed by atoms with Crippen molar-refractivity contribution in [3.05, 3.63) is 100 Å². The zero-order valence-corrected chi connectivity index (χ0v) is 13.7. The molecule has 0 radical (unpaired) electrons. The van der Waals surface area contributed by atoms with Gasteiger partial charge in [-0.3, -0.25) is 4.79 Å². The van der Waals surface area contributed by atoms with Crippen LogP contribution >= 0.6 is 0 Å². The summed E-state index contributed by atoms with van der Waals surface area (Å²) in [4.78, 5) is 24.7. The highest BCUT2D eigenvalue weighted by atomic mass is 16.4. The number of carbonyl (C=O) groups is 1. The van der Waals surface area contributed by atoms with Gasteiger partial charge in [0.2, 0.25) is 5.78 Å². The van der Waals surface area contributed by atoms with Crippen LogP contribution in [0.3, 0.4) is 0 Å². The number of ketones is 1. The van der Waals surface area contributed by atoms with Crippen LogP contribution in [0.2, 0.25) is 0 Å². The molecule has 0 aliphatic carbocycles. The number of hydrogen-bond donors (Lipinski definition) is 1. The van der Waals surface area contributed by atoms with Crippen molar-refractivity contribution in [2.75, 3.05) is 0 Å². The van der Waals surface area contributed by atoms with Crippen molar-refractivity contribution in [2.24, 2.45) is 0 Å². The molecule has 0 aliphatic heterocycles. The Balaban J connectivity index is 2.04. The fourth-order valence-corrected chi connectivity index (χ4v) is 3.03. The highest BCUT2D eigenvalue weighted by Crippen LogP contribution is 2.36. The van der Waals surface area contributed by atoms with Gasteiger partial charge in [-0.2, -0.15) is 0 Å². The van der Waals surface area contributed by atoms with E-state index in [0.717, 1.165) is 5.56 Å². The van der Waals surface area contributed by atoms with E-state index in [4.69, 9.17) is 4.42 Å². The number of rotatable bonds is 3. The van der Waals surface area contributed by atoms with E-state index < -0.39 is 11.4 Å². The quantitative estimate of drug-likeness (QED) is 0.443. The van der Waals surface area contributed by atoms with Crippen molar-refractivity contribution in [2.45, 2.75) is 0 Å². The van der Waals surface area contributed by atoms with Crippen LogP contribution in [0.5, 0.6) is 5.75 Å². The molecule has 0 fully saturated rings. The summed E-state index contributed by atoms with van der Waals surface area (Å²) in [6, 6.07) is 22.5. The molecule has 4 heteroatoms. The summed E-state index contributed by atoms with van der Waals surface area (Å²) in [6.45, 7) is 0. The zero-order valence-electron chi connectivity index (χ0n) is 13.7. The first-order valence-corrected chi connectivity index (χ1v) is 8.10. The molecule has 1 N–H and O–H groups in total. The lowest BCUT2D eigenvalue weighted by atomic mass is 9.94. The standard InChI is InChI=1S/C22H14O4/c23-18-13-17(14-7-3-1-4-8-14)16-11-12-19(24)26-22(16)20(18)21(25)15-9-5-2-6-10-15/h1-13,23H. The van der Waals surface area contributed by atoms with E-state index in [1.165, 1.54) is 12.1 Å². The number of fused-ring (bicyclic) bond motifs is 1. The fourth-order valence-electron chi connectivity index (χ4n) is 3.03. The predicted octanol–water partition coefficient (Wildman–Crippen LogP) is 4.40. The summed E-state index contributed by atoms with van der Waals surface area (Å²) in [5, 5.41) is 11.2. The minimum absolute atomic E-state index is 0.0106. The Labute approximate surface area is 149 Å². The predicted molar refractivity (Wildman–Crippen MR) is 99.5 cm³/mol. The van der Waals surface area contributed by atoms with E-state index in [1.54, 1.807) is 36.4 Å². The van der Waals surface area contributed by atoms with E-state index in [-0.39, 0.29) is 16.9 Å². The highest BCUT2D eigenvalue weighted by Gasteiger charge is 2.22. The van der Waals surface area contributed by atoms with Crippen molar-refractivity contribution >= 4 is 16.8 Å². The molecule has 0 bridgehead atoms. The van der Waals surface area contributed by atoms with Gasteiger partial charge in [0.05, 0.1) is 0 Å². The van der Waals surface area contributed by atoms with Crippen molar-refractivity contribution in [3.63, 3.8) is 0 Å². The first kappa shape index (κ1) is 15.8. The maximum atomic E-state index is 12.9. The van der Waals surface area contributed by atoms with Gasteiger partial charge in [0.15, 0.2) is 5.58 Å². The molecular formula is C22H14O4. The zero-order chi connectivity index (χ0) is 18.1. The average molecular weight is 342 g/mol. The average Bonchev–Trinajstić information content (AvgIpc) is 2.68. The minimum Gasteiger partial charge on any atom is -0.507 e. The minimum atomic E-state index is -0.579. The van der Waals surface area contributed by atoms with Gasteiger partial charge in [-0.25, -0.2) is 4.79 Å². The first-order valence-electron chi connectivity index (χ1n) is 8.10. The molecule has 4 nitrogen and oxygen atoms in total. The van der Waals surface area contributed by atoms with E-state index in [1.807, 2.05) is 30.3 Å². The van der Waals surface area contributed by atoms with E-state index in [2.05, 4.69) is 0 Å². The third-order valence-corrected chi connectivity index (χ3v) is 4.24. The monoisotopic (exact) mass is 342 g/mol. The molecule has 1 heterocycles. The molecule has 0 atom stereocenters. The van der Waals surface area contributed by atoms with Crippen molar-refractivity contribution < 1.29 is 14.3 Å². The summed E-state index contributed by atoms with van der Waals surface area (Å²) in [6.07, 6.45) is 0. The molecule has 0 amide bonds. The molecule has 0 spiro atoms. The van der Waals surface area contributed by atoms with E-state index in [9.17, 15) is 14.7 Å². The molecular weight excluding hydrogens is 328 g/mol. The highest BCUT2D eigenvalue weighted by molar-refractivity contribution is 6.18. The summed E-state index contributed by atoms with van der Waals surface area (Å²) in [5.74, 6) is -0.624. The third kappa shape index (κ3) is 2.67. The Morgan fingerprint density at radius 1 is 0.846 bits per heavy atom. The lowest BCUT2D eigenvalue weighted by molar-refractivity contribution is 0.103. The van der Waals surface area contributed by atoms with Crippen molar-refractivity contribution in [3.8, 4) is 16.9 Å². The molecule has 1 aromatic heterocycles. The van der Waals surface area contributed by atoms with Crippen LogP contribution in [0.15, 0.2) is 88.1 Å². The Morgan fingerprint density at radius 2 is 1.50 bits per heavy atom. The number of phenols is 1. The molecule has 4 rings (SSSR count). The molecule has 126 valence electrons. The van der Waals surface area contributed by atoms with Gasteiger partial charge in [0.1, 0.15) is 11.3 Å². The Kier molecular flexibility index (Phi) is 3.86. The third-order valence-electron chi connectivity index (χ3n) is 4.24. The van der Waals surface area contributed by atoms with Crippen LogP contribution in [0.4, 0.5) is 0 Å². The van der Waals surface area contributed by atoms with Crippen molar-refractivity contribution in [1.82, 2.24) is 0 Å². The lowest BCUT2D eigenvalue weighted by Gasteiger charge is -2.12. The van der Waals surface area contributed by atoms with Crippen LogP contribution in [0.25, 0.3) is 22.1 Å². The molecule has 0 saturated carbocycles. The van der Waals surface area contributed by atoms with Gasteiger partial charge in [-0.05, 0) is 23.3 Å². The smallest absolute Gasteiger partial charge is 0.336 e. The van der Waals surface area contributed by atoms with Crippen LogP contribution in [0, 0.1) is 0 Å². The molecule has 3 aromatic carbocycles. The van der Waals surface area contributed by atoms with Gasteiger partial charge in [-0.1, -0.05) is 60.7 Å². The van der Waals surface area contributed by atoms with Crippen LogP contribution in [-0.2, 0) is 0 Å². The summed E-state index contributed by atoms with van der Waals surface area (Å²) in [7, 11) is 0. The molecule has 4 aromatic rings. The second-order valence-electron chi connectivity index (χ2n) is 5.88. The van der Waals surface area contributed by atoms with Crippen LogP contribution in [-0.4, -0.2) is 10.9 Å². The van der Waals surface area contributed by atoms with Gasteiger partial charge in [-0.15, -0.1) is 0 Å². The second-order valence-corrected chi connectivity index (χ2v) is 5.88. The van der Waals surface area contributed by atoms with Gasteiger partial charge in [0.25, 0.3) is 0 Å². The largest absolute Gasteiger partial charge is 0.507 e. The second kappa shape index (κ2) is 6.33. The summed E-state index contributed by atoms with van der Waals surface area (Å²) < 4.78 is 5.34. The normalized spacial score (nSPS) is 10.8. The Hall–Kier alpha value is -3.66. The SMILES string of the molecule is O=C(c1ccccc1)c1c(O)cc(-c2ccccc2)c2ccc(=O)oc12. The van der Waals surface area contributed by atoms with Crippen LogP contribution in [0.1, 0.15) is 15.9 Å². The van der Waals surface area contributed by atoms with Gasteiger partial charge in [0, 0.05) is 17.0 Å².